The fraction of sp³-hybridized carbons (Fsp3) is 0.750. The number of aliphatic hydroxyl groups is 2. The van der Waals surface area contributed by atoms with Gasteiger partial charge in [-0.05, 0) is 38.8 Å². The van der Waals surface area contributed by atoms with E-state index in [2.05, 4.69) is 6.92 Å². The summed E-state index contributed by atoms with van der Waals surface area (Å²) in [7, 11) is 0. The Bertz CT molecular complexity index is 1190. The summed E-state index contributed by atoms with van der Waals surface area (Å²) in [6.45, 7) is 10.9. The molecule has 2 aliphatic heterocycles. The van der Waals surface area contributed by atoms with Crippen molar-refractivity contribution in [3.8, 4) is 0 Å². The lowest BCUT2D eigenvalue weighted by Crippen LogP contribution is -2.67. The average Bonchev–Trinajstić information content (AvgIpc) is 3.49. The van der Waals surface area contributed by atoms with Crippen molar-refractivity contribution >= 4 is 23.9 Å². The lowest BCUT2D eigenvalue weighted by Gasteiger charge is -2.54. The van der Waals surface area contributed by atoms with E-state index < -0.39 is 82.5 Å². The molecule has 2 fully saturated rings. The van der Waals surface area contributed by atoms with Gasteiger partial charge < -0.3 is 33.9 Å². The highest BCUT2D eigenvalue weighted by molar-refractivity contribution is 5.89. The smallest absolute Gasteiger partial charge is 0.342 e. The van der Waals surface area contributed by atoms with Crippen molar-refractivity contribution in [3.05, 3.63) is 23.8 Å². The van der Waals surface area contributed by atoms with Crippen molar-refractivity contribution < 1.29 is 53.1 Å². The predicted octanol–water partition coefficient (Wildman–Crippen LogP) is 3.23. The van der Waals surface area contributed by atoms with Crippen molar-refractivity contribution in [2.75, 3.05) is 0 Å². The Kier molecular flexibility index (Phi) is 9.22. The molecule has 0 amide bonds. The Hall–Kier alpha value is -2.76. The third-order valence-corrected chi connectivity index (χ3v) is 9.79. The molecule has 0 saturated carbocycles. The summed E-state index contributed by atoms with van der Waals surface area (Å²) in [4.78, 5) is 51.3. The summed E-state index contributed by atoms with van der Waals surface area (Å²) >= 11 is 0. The fourth-order valence-corrected chi connectivity index (χ4v) is 7.33. The zero-order valence-electron chi connectivity index (χ0n) is 26.2. The van der Waals surface area contributed by atoms with Gasteiger partial charge in [-0.25, -0.2) is 4.79 Å². The molecule has 43 heavy (non-hydrogen) atoms. The third kappa shape index (κ3) is 5.76. The van der Waals surface area contributed by atoms with Crippen molar-refractivity contribution in [1.82, 2.24) is 0 Å². The molecule has 4 rings (SSSR count). The quantitative estimate of drug-likeness (QED) is 0.130. The molecule has 0 unspecified atom stereocenters. The highest BCUT2D eigenvalue weighted by Crippen LogP contribution is 2.65. The van der Waals surface area contributed by atoms with E-state index in [0.29, 0.717) is 12.0 Å². The normalized spacial score (nSPS) is 42.7. The SMILES string of the molecule is CCCCCCCC(=O)O[C@@H]1C[C@H](OC(C)=O)[C@@]2(C)C=C[C@@H](O)[C@@](C)(O)[C@@H]2[C@@H](OC(C)=O)[C@]23O[C@@]2(C)C(=O)O[C@H]3/C=C\1C. The molecule has 240 valence electrons. The highest BCUT2D eigenvalue weighted by Gasteiger charge is 2.87. The number of unbranched alkanes of at least 4 members (excludes halogenated alkanes) is 4. The molecule has 0 aromatic rings. The lowest BCUT2D eigenvalue weighted by atomic mass is 9.55. The van der Waals surface area contributed by atoms with E-state index in [9.17, 15) is 29.4 Å². The Labute approximate surface area is 252 Å². The second-order valence-electron chi connectivity index (χ2n) is 13.0. The van der Waals surface area contributed by atoms with Gasteiger partial charge in [-0.2, -0.15) is 0 Å². The van der Waals surface area contributed by atoms with Gasteiger partial charge in [0.05, 0.1) is 5.60 Å². The van der Waals surface area contributed by atoms with Crippen LogP contribution in [0.5, 0.6) is 0 Å². The van der Waals surface area contributed by atoms with Crippen molar-refractivity contribution in [1.29, 1.82) is 0 Å². The highest BCUT2D eigenvalue weighted by atomic mass is 16.7. The van der Waals surface area contributed by atoms with E-state index in [1.807, 2.05) is 0 Å². The summed E-state index contributed by atoms with van der Waals surface area (Å²) in [6.07, 6.45) is 3.91. The maximum Gasteiger partial charge on any atom is 0.342 e. The van der Waals surface area contributed by atoms with Crippen LogP contribution in [0.15, 0.2) is 23.8 Å². The van der Waals surface area contributed by atoms with Crippen LogP contribution in [0.3, 0.4) is 0 Å². The summed E-state index contributed by atoms with van der Waals surface area (Å²) < 4.78 is 29.7. The van der Waals surface area contributed by atoms with Gasteiger partial charge >= 0.3 is 23.9 Å². The summed E-state index contributed by atoms with van der Waals surface area (Å²) in [5.41, 5.74) is -5.84. The fourth-order valence-electron chi connectivity index (χ4n) is 7.33. The number of ether oxygens (including phenoxy) is 5. The zero-order valence-corrected chi connectivity index (χ0v) is 26.2. The first-order chi connectivity index (χ1) is 20.0. The first kappa shape index (κ1) is 33.1. The number of rotatable bonds is 9. The van der Waals surface area contributed by atoms with E-state index in [0.717, 1.165) is 25.7 Å². The van der Waals surface area contributed by atoms with Crippen molar-refractivity contribution in [2.24, 2.45) is 11.3 Å². The number of epoxide rings is 1. The second-order valence-corrected chi connectivity index (χ2v) is 13.0. The van der Waals surface area contributed by atoms with E-state index in [4.69, 9.17) is 23.7 Å². The predicted molar refractivity (Wildman–Crippen MR) is 152 cm³/mol. The minimum absolute atomic E-state index is 0.00835. The van der Waals surface area contributed by atoms with Gasteiger partial charge in [0.25, 0.3) is 0 Å². The number of esters is 4. The van der Waals surface area contributed by atoms with E-state index in [1.54, 1.807) is 26.0 Å². The molecule has 0 aromatic carbocycles. The topological polar surface area (TPSA) is 158 Å². The number of carbonyl (C=O) groups is 4. The van der Waals surface area contributed by atoms with E-state index in [-0.39, 0.29) is 12.8 Å². The molecule has 11 nitrogen and oxygen atoms in total. The number of carbonyl (C=O) groups excluding carboxylic acids is 4. The molecule has 2 heterocycles. The van der Waals surface area contributed by atoms with Crippen LogP contribution in [-0.4, -0.2) is 81.4 Å². The molecular formula is C32H46O11. The summed E-state index contributed by atoms with van der Waals surface area (Å²) in [5.74, 6) is -3.59. The van der Waals surface area contributed by atoms with Crippen LogP contribution in [0, 0.1) is 11.3 Å². The van der Waals surface area contributed by atoms with Crippen molar-refractivity contribution in [3.63, 3.8) is 0 Å². The molecule has 0 radical (unpaired) electrons. The molecule has 4 aliphatic rings. The van der Waals surface area contributed by atoms with Crippen LogP contribution in [-0.2, 0) is 42.9 Å². The molecule has 10 atom stereocenters. The monoisotopic (exact) mass is 606 g/mol. The van der Waals surface area contributed by atoms with Crippen LogP contribution >= 0.6 is 0 Å². The molecule has 2 N–H and O–H groups in total. The summed E-state index contributed by atoms with van der Waals surface area (Å²) in [6, 6.07) is 0. The van der Waals surface area contributed by atoms with Crippen LogP contribution in [0.4, 0.5) is 0 Å². The Morgan fingerprint density at radius 1 is 1.02 bits per heavy atom. The van der Waals surface area contributed by atoms with Gasteiger partial charge in [0.1, 0.15) is 24.4 Å². The van der Waals surface area contributed by atoms with E-state index >= 15 is 0 Å². The van der Waals surface area contributed by atoms with Gasteiger partial charge in [-0.15, -0.1) is 0 Å². The van der Waals surface area contributed by atoms with Gasteiger partial charge in [-0.1, -0.05) is 51.7 Å². The van der Waals surface area contributed by atoms with Crippen LogP contribution in [0.1, 0.15) is 93.4 Å². The van der Waals surface area contributed by atoms with Crippen LogP contribution in [0.2, 0.25) is 0 Å². The summed E-state index contributed by atoms with van der Waals surface area (Å²) in [5, 5.41) is 22.9. The minimum atomic E-state index is -1.96. The Morgan fingerprint density at radius 2 is 1.67 bits per heavy atom. The first-order valence-corrected chi connectivity index (χ1v) is 15.3. The van der Waals surface area contributed by atoms with Crippen LogP contribution < -0.4 is 0 Å². The lowest BCUT2D eigenvalue weighted by molar-refractivity contribution is -0.215. The maximum absolute atomic E-state index is 13.2. The van der Waals surface area contributed by atoms with Gasteiger partial charge in [0.2, 0.25) is 0 Å². The molecule has 2 aliphatic carbocycles. The molecule has 1 spiro atoms. The van der Waals surface area contributed by atoms with Gasteiger partial charge in [-0.3, -0.25) is 14.4 Å². The number of hydrogen-bond donors (Lipinski definition) is 2. The minimum Gasteiger partial charge on any atom is -0.461 e. The number of fused-ring (bicyclic) bond motifs is 1. The number of hydrogen-bond acceptors (Lipinski definition) is 11. The molecule has 2 saturated heterocycles. The standard InChI is InChI=1S/C32H46O11/c1-8-9-10-11-12-13-25(36)41-21-17-23(39-19(3)33)29(5)15-14-22(35)30(6,38)26(29)27(40-20(4)34)32-24(16-18(21)2)42-28(37)31(32,7)43-32/h14-16,21-24,26-27,35,38H,8-13,17H2,1-7H3/b18-16-/t21-,22-,23+,24+,26-,27-,29-,30-,31+,32+/m1/s1. The average molecular weight is 607 g/mol. The van der Waals surface area contributed by atoms with Crippen LogP contribution in [0.25, 0.3) is 0 Å². The Morgan fingerprint density at radius 3 is 2.28 bits per heavy atom. The molecule has 11 heteroatoms. The molecular weight excluding hydrogens is 560 g/mol. The van der Waals surface area contributed by atoms with Crippen molar-refractivity contribution in [2.45, 2.75) is 141 Å². The van der Waals surface area contributed by atoms with Gasteiger partial charge in [0.15, 0.2) is 17.3 Å². The third-order valence-electron chi connectivity index (χ3n) is 9.79. The largest absolute Gasteiger partial charge is 0.461 e. The Balaban J connectivity index is 1.85. The second kappa shape index (κ2) is 12.0. The first-order valence-electron chi connectivity index (χ1n) is 15.3. The maximum atomic E-state index is 13.2. The van der Waals surface area contributed by atoms with E-state index in [1.165, 1.54) is 33.8 Å². The molecule has 0 bridgehead atoms. The van der Waals surface area contributed by atoms with Gasteiger partial charge in [0, 0.05) is 38.0 Å². The zero-order chi connectivity index (χ0) is 32.0. The number of aliphatic hydroxyl groups excluding tert-OH is 1. The molecule has 0 aromatic heterocycles.